The van der Waals surface area contributed by atoms with Gasteiger partial charge in [0.15, 0.2) is 0 Å². The fraction of sp³-hybridized carbons (Fsp3) is 0.647. The molecular weight excluding hydrogens is 250 g/mol. The number of rotatable bonds is 8. The van der Waals surface area contributed by atoms with E-state index in [9.17, 15) is 5.11 Å². The summed E-state index contributed by atoms with van der Waals surface area (Å²) in [5.41, 5.74) is 0.969. The molecule has 0 aliphatic rings. The molecule has 0 radical (unpaired) electrons. The fourth-order valence-electron chi connectivity index (χ4n) is 2.63. The zero-order valence-corrected chi connectivity index (χ0v) is 13.5. The van der Waals surface area contributed by atoms with Crippen LogP contribution < -0.4 is 4.74 Å². The van der Waals surface area contributed by atoms with Crippen LogP contribution in [0, 0.1) is 0 Å². The van der Waals surface area contributed by atoms with Crippen molar-refractivity contribution in [1.82, 2.24) is 4.90 Å². The Hall–Kier alpha value is -1.22. The molecule has 3 nitrogen and oxygen atoms in total. The Labute approximate surface area is 123 Å². The first-order valence-corrected chi connectivity index (χ1v) is 7.63. The van der Waals surface area contributed by atoms with Crippen molar-refractivity contribution in [2.45, 2.75) is 59.0 Å². The minimum Gasteiger partial charge on any atom is -0.507 e. The minimum atomic E-state index is 0.206. The largest absolute Gasteiger partial charge is 0.507 e. The lowest BCUT2D eigenvalue weighted by molar-refractivity contribution is 0.159. The van der Waals surface area contributed by atoms with E-state index in [4.69, 9.17) is 4.74 Å². The number of nitrogens with zero attached hydrogens (tertiary/aromatic N) is 1. The molecule has 0 heterocycles. The summed E-state index contributed by atoms with van der Waals surface area (Å²) in [6, 6.07) is 6.24. The maximum Gasteiger partial charge on any atom is 0.124 e. The Morgan fingerprint density at radius 3 is 2.40 bits per heavy atom. The Bertz CT molecular complexity index is 404. The average molecular weight is 279 g/mol. The van der Waals surface area contributed by atoms with Gasteiger partial charge in [-0.2, -0.15) is 0 Å². The minimum absolute atomic E-state index is 0.206. The molecule has 1 unspecified atom stereocenters. The molecule has 1 aromatic carbocycles. The Morgan fingerprint density at radius 1 is 1.20 bits per heavy atom. The third kappa shape index (κ3) is 4.41. The number of benzene rings is 1. The molecule has 0 saturated carbocycles. The van der Waals surface area contributed by atoms with Gasteiger partial charge in [0.1, 0.15) is 11.5 Å². The highest BCUT2D eigenvalue weighted by molar-refractivity contribution is 5.41. The molecule has 1 N–H and O–H groups in total. The molecule has 1 aromatic rings. The van der Waals surface area contributed by atoms with Crippen LogP contribution in [-0.2, 0) is 0 Å². The van der Waals surface area contributed by atoms with Crippen LogP contribution in [-0.4, -0.2) is 29.7 Å². The third-order valence-electron chi connectivity index (χ3n) is 3.87. The molecule has 3 heteroatoms. The van der Waals surface area contributed by atoms with Gasteiger partial charge in [-0.05, 0) is 39.8 Å². The molecule has 0 aliphatic heterocycles. The van der Waals surface area contributed by atoms with Crippen molar-refractivity contribution in [2.75, 3.05) is 13.7 Å². The van der Waals surface area contributed by atoms with E-state index in [1.54, 1.807) is 13.2 Å². The van der Waals surface area contributed by atoms with Gasteiger partial charge in [0.05, 0.1) is 7.11 Å². The van der Waals surface area contributed by atoms with Crippen molar-refractivity contribution in [3.8, 4) is 11.5 Å². The third-order valence-corrected chi connectivity index (χ3v) is 3.87. The van der Waals surface area contributed by atoms with E-state index in [1.165, 1.54) is 19.3 Å². The van der Waals surface area contributed by atoms with Crippen LogP contribution in [0.3, 0.4) is 0 Å². The van der Waals surface area contributed by atoms with Crippen LogP contribution in [0.2, 0.25) is 0 Å². The molecule has 0 amide bonds. The van der Waals surface area contributed by atoms with Crippen LogP contribution in [0.25, 0.3) is 0 Å². The summed E-state index contributed by atoms with van der Waals surface area (Å²) in [4.78, 5) is 2.44. The maximum absolute atomic E-state index is 10.2. The number of phenolic OH excluding ortho intramolecular Hbond substituents is 1. The van der Waals surface area contributed by atoms with Crippen LogP contribution in [0.15, 0.2) is 18.2 Å². The highest BCUT2D eigenvalue weighted by Crippen LogP contribution is 2.32. The van der Waals surface area contributed by atoms with Gasteiger partial charge in [-0.3, -0.25) is 4.90 Å². The van der Waals surface area contributed by atoms with E-state index in [-0.39, 0.29) is 6.04 Å². The summed E-state index contributed by atoms with van der Waals surface area (Å²) >= 11 is 0. The lowest BCUT2D eigenvalue weighted by atomic mass is 10.0. The van der Waals surface area contributed by atoms with Crippen molar-refractivity contribution in [2.24, 2.45) is 0 Å². The van der Waals surface area contributed by atoms with E-state index < -0.39 is 0 Å². The van der Waals surface area contributed by atoms with Crippen molar-refractivity contribution >= 4 is 0 Å². The van der Waals surface area contributed by atoms with Crippen molar-refractivity contribution in [3.05, 3.63) is 23.8 Å². The number of aromatic hydroxyl groups is 1. The summed E-state index contributed by atoms with van der Waals surface area (Å²) in [5, 5.41) is 10.2. The molecule has 1 atom stereocenters. The van der Waals surface area contributed by atoms with Crippen LogP contribution in [0.4, 0.5) is 0 Å². The lowest BCUT2D eigenvalue weighted by Crippen LogP contribution is -2.34. The van der Waals surface area contributed by atoms with Gasteiger partial charge in [0.2, 0.25) is 0 Å². The SMILES string of the molecule is CCCCCN(C(C)C)C(C)c1ccc(OC)cc1O. The fourth-order valence-corrected chi connectivity index (χ4v) is 2.63. The van der Waals surface area contributed by atoms with Gasteiger partial charge in [-0.25, -0.2) is 0 Å². The van der Waals surface area contributed by atoms with Gasteiger partial charge < -0.3 is 9.84 Å². The molecule has 0 spiro atoms. The Kier molecular flexibility index (Phi) is 6.86. The van der Waals surface area contributed by atoms with E-state index in [1.807, 2.05) is 12.1 Å². The standard InChI is InChI=1S/C17H29NO2/c1-6-7-8-11-18(13(2)3)14(4)16-10-9-15(20-5)12-17(16)19/h9-10,12-14,19H,6-8,11H2,1-5H3. The highest BCUT2D eigenvalue weighted by Gasteiger charge is 2.21. The molecule has 0 saturated heterocycles. The maximum atomic E-state index is 10.2. The molecule has 0 bridgehead atoms. The normalized spacial score (nSPS) is 12.9. The second-order valence-corrected chi connectivity index (χ2v) is 5.64. The van der Waals surface area contributed by atoms with Gasteiger partial charge in [-0.1, -0.05) is 25.8 Å². The number of ether oxygens (including phenoxy) is 1. The predicted octanol–water partition coefficient (Wildman–Crippen LogP) is 4.36. The first-order chi connectivity index (χ1) is 9.51. The second-order valence-electron chi connectivity index (χ2n) is 5.64. The predicted molar refractivity (Wildman–Crippen MR) is 84.4 cm³/mol. The van der Waals surface area contributed by atoms with E-state index in [2.05, 4.69) is 32.6 Å². The van der Waals surface area contributed by atoms with E-state index in [0.717, 1.165) is 12.1 Å². The van der Waals surface area contributed by atoms with Crippen LogP contribution >= 0.6 is 0 Å². The number of hydrogen-bond donors (Lipinski definition) is 1. The number of unbranched alkanes of at least 4 members (excludes halogenated alkanes) is 2. The summed E-state index contributed by atoms with van der Waals surface area (Å²) in [7, 11) is 1.61. The number of methoxy groups -OCH3 is 1. The number of hydrogen-bond acceptors (Lipinski definition) is 3. The molecule has 20 heavy (non-hydrogen) atoms. The van der Waals surface area contributed by atoms with Crippen LogP contribution in [0.5, 0.6) is 11.5 Å². The summed E-state index contributed by atoms with van der Waals surface area (Å²) in [6.07, 6.45) is 3.69. The van der Waals surface area contributed by atoms with E-state index >= 15 is 0 Å². The second kappa shape index (κ2) is 8.15. The summed E-state index contributed by atoms with van der Waals surface area (Å²) in [5.74, 6) is 1.01. The monoisotopic (exact) mass is 279 g/mol. The zero-order valence-electron chi connectivity index (χ0n) is 13.5. The van der Waals surface area contributed by atoms with Gasteiger partial charge in [0, 0.05) is 23.7 Å². The molecular formula is C17H29NO2. The van der Waals surface area contributed by atoms with Gasteiger partial charge in [-0.15, -0.1) is 0 Å². The quantitative estimate of drug-likeness (QED) is 0.718. The number of phenols is 1. The Morgan fingerprint density at radius 2 is 1.90 bits per heavy atom. The molecule has 114 valence electrons. The zero-order chi connectivity index (χ0) is 15.1. The van der Waals surface area contributed by atoms with Crippen molar-refractivity contribution in [1.29, 1.82) is 0 Å². The first kappa shape index (κ1) is 16.8. The van der Waals surface area contributed by atoms with Crippen molar-refractivity contribution in [3.63, 3.8) is 0 Å². The van der Waals surface area contributed by atoms with Crippen LogP contribution in [0.1, 0.15) is 58.6 Å². The topological polar surface area (TPSA) is 32.7 Å². The molecule has 0 aliphatic carbocycles. The van der Waals surface area contributed by atoms with Crippen molar-refractivity contribution < 1.29 is 9.84 Å². The smallest absolute Gasteiger partial charge is 0.124 e. The first-order valence-electron chi connectivity index (χ1n) is 7.63. The lowest BCUT2D eigenvalue weighted by Gasteiger charge is -2.33. The molecule has 1 rings (SSSR count). The van der Waals surface area contributed by atoms with Gasteiger partial charge >= 0.3 is 0 Å². The summed E-state index contributed by atoms with van der Waals surface area (Å²) in [6.45, 7) is 9.87. The summed E-state index contributed by atoms with van der Waals surface area (Å²) < 4.78 is 5.14. The molecule has 0 aromatic heterocycles. The van der Waals surface area contributed by atoms with E-state index in [0.29, 0.717) is 17.5 Å². The highest BCUT2D eigenvalue weighted by atomic mass is 16.5. The Balaban J connectivity index is 2.85. The molecule has 0 fully saturated rings. The van der Waals surface area contributed by atoms with Gasteiger partial charge in [0.25, 0.3) is 0 Å². The average Bonchev–Trinajstić information content (AvgIpc) is 2.42.